The molecule has 0 aliphatic carbocycles. The first-order chi connectivity index (χ1) is 6.56. The van der Waals surface area contributed by atoms with Crippen LogP contribution in [0.4, 0.5) is 0 Å². The summed E-state index contributed by atoms with van der Waals surface area (Å²) in [5.41, 5.74) is 4.25. The van der Waals surface area contributed by atoms with Crippen molar-refractivity contribution in [1.29, 1.82) is 0 Å². The molecule has 1 rings (SSSR count). The van der Waals surface area contributed by atoms with Crippen molar-refractivity contribution >= 4 is 12.6 Å². The molecule has 0 unspecified atom stereocenters. The largest absolute Gasteiger partial charge is 0.175 e. The average Bonchev–Trinajstić information content (AvgIpc) is 2.16. The van der Waals surface area contributed by atoms with Gasteiger partial charge in [0.2, 0.25) is 0 Å². The normalized spacial score (nSPS) is 11.4. The summed E-state index contributed by atoms with van der Waals surface area (Å²) in [5, 5.41) is 0. The summed E-state index contributed by atoms with van der Waals surface area (Å²) in [6.45, 7) is 8.96. The van der Waals surface area contributed by atoms with Gasteiger partial charge in [-0.05, 0) is 28.5 Å². The lowest BCUT2D eigenvalue weighted by Gasteiger charge is -2.15. The van der Waals surface area contributed by atoms with Gasteiger partial charge >= 0.3 is 0 Å². The SMILES string of the molecule is CC(C)c1ccc(CS)c(C(C)C)c1. The molecule has 0 atom stereocenters. The molecule has 0 spiro atoms. The fourth-order valence-corrected chi connectivity index (χ4v) is 1.94. The Morgan fingerprint density at radius 1 is 1.07 bits per heavy atom. The van der Waals surface area contributed by atoms with Gasteiger partial charge in [0.05, 0.1) is 0 Å². The van der Waals surface area contributed by atoms with Crippen LogP contribution in [0.3, 0.4) is 0 Å². The van der Waals surface area contributed by atoms with Crippen molar-refractivity contribution in [3.05, 3.63) is 34.9 Å². The van der Waals surface area contributed by atoms with E-state index in [2.05, 4.69) is 58.5 Å². The number of benzene rings is 1. The molecule has 0 N–H and O–H groups in total. The Labute approximate surface area is 93.1 Å². The first-order valence-electron chi connectivity index (χ1n) is 5.29. The summed E-state index contributed by atoms with van der Waals surface area (Å²) in [6.07, 6.45) is 0. The molecule has 0 saturated heterocycles. The van der Waals surface area contributed by atoms with E-state index < -0.39 is 0 Å². The molecule has 14 heavy (non-hydrogen) atoms. The third-order valence-electron chi connectivity index (χ3n) is 2.63. The van der Waals surface area contributed by atoms with Crippen molar-refractivity contribution < 1.29 is 0 Å². The van der Waals surface area contributed by atoms with Gasteiger partial charge in [0.15, 0.2) is 0 Å². The third kappa shape index (κ3) is 2.54. The Morgan fingerprint density at radius 3 is 2.14 bits per heavy atom. The fourth-order valence-electron chi connectivity index (χ4n) is 1.65. The molecule has 1 aromatic rings. The molecular weight excluding hydrogens is 188 g/mol. The van der Waals surface area contributed by atoms with E-state index in [0.29, 0.717) is 11.8 Å². The zero-order valence-electron chi connectivity index (χ0n) is 9.54. The van der Waals surface area contributed by atoms with E-state index in [1.807, 2.05) is 0 Å². The Kier molecular flexibility index (Phi) is 4.06. The minimum Gasteiger partial charge on any atom is -0.175 e. The monoisotopic (exact) mass is 208 g/mol. The van der Waals surface area contributed by atoms with Crippen molar-refractivity contribution in [1.82, 2.24) is 0 Å². The van der Waals surface area contributed by atoms with Crippen LogP contribution in [0.1, 0.15) is 56.2 Å². The van der Waals surface area contributed by atoms with E-state index >= 15 is 0 Å². The van der Waals surface area contributed by atoms with Crippen molar-refractivity contribution in [2.45, 2.75) is 45.3 Å². The second-order valence-corrected chi connectivity index (χ2v) is 4.74. The summed E-state index contributed by atoms with van der Waals surface area (Å²) >= 11 is 4.36. The maximum absolute atomic E-state index is 4.36. The van der Waals surface area contributed by atoms with Gasteiger partial charge in [-0.1, -0.05) is 45.9 Å². The molecule has 1 aromatic carbocycles. The van der Waals surface area contributed by atoms with Gasteiger partial charge in [0, 0.05) is 5.75 Å². The maximum Gasteiger partial charge on any atom is 0.0157 e. The lowest BCUT2D eigenvalue weighted by atomic mass is 9.92. The Hall–Kier alpha value is -0.430. The predicted octanol–water partition coefficient (Wildman–Crippen LogP) is 4.36. The number of hydrogen-bond donors (Lipinski definition) is 1. The van der Waals surface area contributed by atoms with Gasteiger partial charge in [-0.15, -0.1) is 0 Å². The van der Waals surface area contributed by atoms with E-state index in [0.717, 1.165) is 5.75 Å². The van der Waals surface area contributed by atoms with Crippen LogP contribution in [0.15, 0.2) is 18.2 Å². The molecule has 0 aliphatic heterocycles. The highest BCUT2D eigenvalue weighted by atomic mass is 32.1. The molecule has 0 fully saturated rings. The minimum absolute atomic E-state index is 0.593. The highest BCUT2D eigenvalue weighted by Crippen LogP contribution is 2.25. The topological polar surface area (TPSA) is 0 Å². The molecule has 0 amide bonds. The van der Waals surface area contributed by atoms with Crippen LogP contribution in [-0.4, -0.2) is 0 Å². The van der Waals surface area contributed by atoms with Crippen molar-refractivity contribution in [2.24, 2.45) is 0 Å². The average molecular weight is 208 g/mol. The van der Waals surface area contributed by atoms with Crippen molar-refractivity contribution in [2.75, 3.05) is 0 Å². The summed E-state index contributed by atoms with van der Waals surface area (Å²) in [6, 6.07) is 6.78. The van der Waals surface area contributed by atoms with E-state index in [9.17, 15) is 0 Å². The third-order valence-corrected chi connectivity index (χ3v) is 2.97. The van der Waals surface area contributed by atoms with E-state index in [-0.39, 0.29) is 0 Å². The predicted molar refractivity (Wildman–Crippen MR) is 67.3 cm³/mol. The molecule has 0 heterocycles. The van der Waals surface area contributed by atoms with Gasteiger partial charge < -0.3 is 0 Å². The van der Waals surface area contributed by atoms with Gasteiger partial charge in [0.1, 0.15) is 0 Å². The molecule has 0 aliphatic rings. The summed E-state index contributed by atoms with van der Waals surface area (Å²) < 4.78 is 0. The maximum atomic E-state index is 4.36. The zero-order valence-corrected chi connectivity index (χ0v) is 10.4. The molecule has 0 radical (unpaired) electrons. The summed E-state index contributed by atoms with van der Waals surface area (Å²) in [7, 11) is 0. The lowest BCUT2D eigenvalue weighted by Crippen LogP contribution is -1.97. The van der Waals surface area contributed by atoms with Crippen LogP contribution in [0, 0.1) is 0 Å². The Balaban J connectivity index is 3.14. The van der Waals surface area contributed by atoms with Crippen LogP contribution in [-0.2, 0) is 5.75 Å². The molecule has 78 valence electrons. The number of thiol groups is 1. The number of hydrogen-bond acceptors (Lipinski definition) is 1. The quantitative estimate of drug-likeness (QED) is 0.701. The second-order valence-electron chi connectivity index (χ2n) is 4.43. The Morgan fingerprint density at radius 2 is 1.71 bits per heavy atom. The molecule has 1 heteroatoms. The highest BCUT2D eigenvalue weighted by molar-refractivity contribution is 7.79. The smallest absolute Gasteiger partial charge is 0.0157 e. The molecule has 0 bridgehead atoms. The first-order valence-corrected chi connectivity index (χ1v) is 5.93. The zero-order chi connectivity index (χ0) is 10.7. The lowest BCUT2D eigenvalue weighted by molar-refractivity contribution is 0.826. The minimum atomic E-state index is 0.593. The fraction of sp³-hybridized carbons (Fsp3) is 0.538. The van der Waals surface area contributed by atoms with E-state index in [1.54, 1.807) is 0 Å². The van der Waals surface area contributed by atoms with E-state index in [1.165, 1.54) is 16.7 Å². The Bertz CT molecular complexity index is 300. The van der Waals surface area contributed by atoms with Crippen LogP contribution in [0.2, 0.25) is 0 Å². The van der Waals surface area contributed by atoms with Gasteiger partial charge in [0.25, 0.3) is 0 Å². The molecule has 0 nitrogen and oxygen atoms in total. The summed E-state index contributed by atoms with van der Waals surface area (Å²) in [4.78, 5) is 0. The van der Waals surface area contributed by atoms with Crippen LogP contribution < -0.4 is 0 Å². The molecule has 0 aromatic heterocycles. The van der Waals surface area contributed by atoms with E-state index in [4.69, 9.17) is 0 Å². The van der Waals surface area contributed by atoms with Gasteiger partial charge in [-0.3, -0.25) is 0 Å². The summed E-state index contributed by atoms with van der Waals surface area (Å²) in [5.74, 6) is 2.05. The van der Waals surface area contributed by atoms with Gasteiger partial charge in [-0.25, -0.2) is 0 Å². The standard InChI is InChI=1S/C13H20S/c1-9(2)11-5-6-12(8-14)13(7-11)10(3)4/h5-7,9-10,14H,8H2,1-4H3. The molecular formula is C13H20S. The van der Waals surface area contributed by atoms with Crippen LogP contribution >= 0.6 is 12.6 Å². The van der Waals surface area contributed by atoms with Gasteiger partial charge in [-0.2, -0.15) is 12.6 Å². The van der Waals surface area contributed by atoms with Crippen LogP contribution in [0.5, 0.6) is 0 Å². The second kappa shape index (κ2) is 4.88. The van der Waals surface area contributed by atoms with Crippen molar-refractivity contribution in [3.8, 4) is 0 Å². The highest BCUT2D eigenvalue weighted by Gasteiger charge is 2.08. The molecule has 0 saturated carbocycles. The number of rotatable bonds is 3. The van der Waals surface area contributed by atoms with Crippen molar-refractivity contribution in [3.63, 3.8) is 0 Å². The first kappa shape index (κ1) is 11.6. The van der Waals surface area contributed by atoms with Crippen LogP contribution in [0.25, 0.3) is 0 Å².